The number of alkyl halides is 2. The van der Waals surface area contributed by atoms with Crippen molar-refractivity contribution in [2.45, 2.75) is 13.0 Å². The van der Waals surface area contributed by atoms with Gasteiger partial charge in [0.25, 0.3) is 0 Å². The van der Waals surface area contributed by atoms with Crippen molar-refractivity contribution in [3.63, 3.8) is 0 Å². The lowest BCUT2D eigenvalue weighted by Crippen LogP contribution is -2.21. The Labute approximate surface area is 148 Å². The van der Waals surface area contributed by atoms with Crippen LogP contribution >= 0.6 is 0 Å². The summed E-state index contributed by atoms with van der Waals surface area (Å²) in [5, 5.41) is 1.09. The van der Waals surface area contributed by atoms with Gasteiger partial charge < -0.3 is 14.2 Å². The second kappa shape index (κ2) is 7.15. The van der Waals surface area contributed by atoms with E-state index in [0.717, 1.165) is 0 Å². The van der Waals surface area contributed by atoms with Crippen molar-refractivity contribution < 1.29 is 27.4 Å². The van der Waals surface area contributed by atoms with Gasteiger partial charge in [-0.2, -0.15) is 8.78 Å². The van der Waals surface area contributed by atoms with Gasteiger partial charge in [0.05, 0.1) is 19.3 Å². The number of hydrogen-bond acceptors (Lipinski definition) is 3. The molecule has 0 heterocycles. The summed E-state index contributed by atoms with van der Waals surface area (Å²) >= 11 is 0. The fraction of sp³-hybridized carbons (Fsp3) is 0.200. The average molecular weight is 362 g/mol. The van der Waals surface area contributed by atoms with Gasteiger partial charge >= 0.3 is 6.11 Å². The van der Waals surface area contributed by atoms with Gasteiger partial charge in [0.15, 0.2) is 11.6 Å². The Balaban J connectivity index is 1.86. The molecular formula is C20H17F3O3. The molecule has 0 spiro atoms. The van der Waals surface area contributed by atoms with E-state index in [1.54, 1.807) is 6.07 Å². The minimum absolute atomic E-state index is 0.0686. The van der Waals surface area contributed by atoms with E-state index >= 15 is 0 Å². The molecule has 0 N–H and O–H groups in total. The molecule has 3 rings (SSSR count). The third kappa shape index (κ3) is 3.69. The van der Waals surface area contributed by atoms with Crippen molar-refractivity contribution in [1.82, 2.24) is 0 Å². The van der Waals surface area contributed by atoms with Crippen molar-refractivity contribution in [1.29, 1.82) is 0 Å². The summed E-state index contributed by atoms with van der Waals surface area (Å²) in [7, 11) is 1.36. The monoisotopic (exact) mass is 362 g/mol. The first-order valence-electron chi connectivity index (χ1n) is 8.00. The van der Waals surface area contributed by atoms with Crippen molar-refractivity contribution in [2.24, 2.45) is 0 Å². The van der Waals surface area contributed by atoms with E-state index in [1.807, 2.05) is 6.92 Å². The quantitative estimate of drug-likeness (QED) is 0.578. The van der Waals surface area contributed by atoms with Crippen LogP contribution in [-0.4, -0.2) is 13.7 Å². The van der Waals surface area contributed by atoms with Crippen molar-refractivity contribution in [3.8, 4) is 17.2 Å². The van der Waals surface area contributed by atoms with Crippen LogP contribution in [0, 0.1) is 5.82 Å². The highest BCUT2D eigenvalue weighted by Gasteiger charge is 2.34. The largest absolute Gasteiger partial charge is 0.494 e. The molecule has 3 aromatic rings. The Kier molecular flexibility index (Phi) is 4.93. The molecule has 0 atom stereocenters. The van der Waals surface area contributed by atoms with Crippen LogP contribution in [0.3, 0.4) is 0 Å². The highest BCUT2D eigenvalue weighted by atomic mass is 19.3. The fourth-order valence-electron chi connectivity index (χ4n) is 2.57. The van der Waals surface area contributed by atoms with Crippen molar-refractivity contribution in [3.05, 3.63) is 66.0 Å². The first kappa shape index (κ1) is 17.9. The summed E-state index contributed by atoms with van der Waals surface area (Å²) in [6.45, 7) is 2.26. The average Bonchev–Trinajstić information content (AvgIpc) is 2.61. The summed E-state index contributed by atoms with van der Waals surface area (Å²) in [6.07, 6.45) is -3.54. The third-order valence-corrected chi connectivity index (χ3v) is 3.83. The number of methoxy groups -OCH3 is 1. The topological polar surface area (TPSA) is 27.7 Å². The van der Waals surface area contributed by atoms with Crippen molar-refractivity contribution >= 4 is 10.8 Å². The Hall–Kier alpha value is -2.89. The van der Waals surface area contributed by atoms with E-state index in [9.17, 15) is 13.2 Å². The van der Waals surface area contributed by atoms with E-state index in [2.05, 4.69) is 0 Å². The normalized spacial score (nSPS) is 11.4. The molecular weight excluding hydrogens is 345 g/mol. The molecule has 3 nitrogen and oxygen atoms in total. The smallest absolute Gasteiger partial charge is 0.426 e. The predicted octanol–water partition coefficient (Wildman–Crippen LogP) is 5.51. The van der Waals surface area contributed by atoms with Gasteiger partial charge in [-0.15, -0.1) is 0 Å². The van der Waals surface area contributed by atoms with Gasteiger partial charge in [0, 0.05) is 0 Å². The first-order valence-corrected chi connectivity index (χ1v) is 8.00. The highest BCUT2D eigenvalue weighted by molar-refractivity contribution is 5.85. The van der Waals surface area contributed by atoms with Crippen LogP contribution in [0.15, 0.2) is 54.6 Å². The zero-order chi connectivity index (χ0) is 18.7. The lowest BCUT2D eigenvalue weighted by atomic mass is 10.1. The molecule has 136 valence electrons. The van der Waals surface area contributed by atoms with Crippen LogP contribution < -0.4 is 14.2 Å². The number of hydrogen-bond donors (Lipinski definition) is 0. The van der Waals surface area contributed by atoms with Gasteiger partial charge in [-0.1, -0.05) is 6.07 Å². The SMILES string of the molecule is CCOc1ccc(C(F)(F)Oc2ccc3cc(OC)c(F)cc3c2)cc1. The molecule has 3 aromatic carbocycles. The van der Waals surface area contributed by atoms with Gasteiger partial charge in [-0.3, -0.25) is 0 Å². The van der Waals surface area contributed by atoms with Crippen LogP contribution in [0.5, 0.6) is 17.2 Å². The van der Waals surface area contributed by atoms with Gasteiger partial charge in [0.1, 0.15) is 11.5 Å². The molecule has 0 aromatic heterocycles. The number of halogens is 3. The lowest BCUT2D eigenvalue weighted by Gasteiger charge is -2.19. The van der Waals surface area contributed by atoms with Crippen LogP contribution in [0.4, 0.5) is 13.2 Å². The van der Waals surface area contributed by atoms with E-state index < -0.39 is 11.9 Å². The molecule has 0 aliphatic heterocycles. The Bertz CT molecular complexity index is 908. The van der Waals surface area contributed by atoms with E-state index in [0.29, 0.717) is 23.1 Å². The molecule has 0 saturated heterocycles. The van der Waals surface area contributed by atoms with Crippen LogP contribution in [0.1, 0.15) is 12.5 Å². The molecule has 0 bridgehead atoms. The van der Waals surface area contributed by atoms with Gasteiger partial charge in [0.2, 0.25) is 0 Å². The molecule has 6 heteroatoms. The number of benzene rings is 3. The Morgan fingerprint density at radius 3 is 2.23 bits per heavy atom. The molecule has 0 saturated carbocycles. The summed E-state index contributed by atoms with van der Waals surface area (Å²) in [5.74, 6) is -0.0514. The Morgan fingerprint density at radius 2 is 1.58 bits per heavy atom. The summed E-state index contributed by atoms with van der Waals surface area (Å²) in [5.41, 5.74) is -0.304. The zero-order valence-corrected chi connectivity index (χ0v) is 14.3. The predicted molar refractivity (Wildman–Crippen MR) is 92.6 cm³/mol. The van der Waals surface area contributed by atoms with E-state index in [-0.39, 0.29) is 17.1 Å². The van der Waals surface area contributed by atoms with E-state index in [4.69, 9.17) is 14.2 Å². The maximum absolute atomic E-state index is 14.4. The third-order valence-electron chi connectivity index (χ3n) is 3.83. The second-order valence-corrected chi connectivity index (χ2v) is 5.57. The molecule has 0 aliphatic rings. The maximum Gasteiger partial charge on any atom is 0.426 e. The number of ether oxygens (including phenoxy) is 3. The van der Waals surface area contributed by atoms with E-state index in [1.165, 1.54) is 55.6 Å². The minimum Gasteiger partial charge on any atom is -0.494 e. The van der Waals surface area contributed by atoms with Gasteiger partial charge in [-0.05, 0) is 66.2 Å². The summed E-state index contributed by atoms with van der Waals surface area (Å²) < 4.78 is 57.6. The second-order valence-electron chi connectivity index (χ2n) is 5.57. The van der Waals surface area contributed by atoms with Crippen LogP contribution in [0.25, 0.3) is 10.8 Å². The zero-order valence-electron chi connectivity index (χ0n) is 14.3. The standard InChI is InChI=1S/C20H17F3O3/c1-3-25-16-8-5-15(6-9-16)20(22,23)26-17-7-4-13-12-19(24-2)18(21)11-14(13)10-17/h4-12H,3H2,1-2H3. The highest BCUT2D eigenvalue weighted by Crippen LogP contribution is 2.34. The summed E-state index contributed by atoms with van der Waals surface area (Å²) in [6, 6.07) is 12.5. The number of rotatable bonds is 6. The minimum atomic E-state index is -3.54. The van der Waals surface area contributed by atoms with Crippen LogP contribution in [-0.2, 0) is 6.11 Å². The fourth-order valence-corrected chi connectivity index (χ4v) is 2.57. The molecule has 0 unspecified atom stereocenters. The first-order chi connectivity index (χ1) is 12.4. The van der Waals surface area contributed by atoms with Crippen LogP contribution in [0.2, 0.25) is 0 Å². The number of fused-ring (bicyclic) bond motifs is 1. The van der Waals surface area contributed by atoms with Gasteiger partial charge in [-0.25, -0.2) is 4.39 Å². The molecule has 0 aliphatic carbocycles. The molecule has 0 fully saturated rings. The lowest BCUT2D eigenvalue weighted by molar-refractivity contribution is -0.185. The maximum atomic E-state index is 14.4. The van der Waals surface area contributed by atoms with Crippen molar-refractivity contribution in [2.75, 3.05) is 13.7 Å². The molecule has 0 radical (unpaired) electrons. The molecule has 26 heavy (non-hydrogen) atoms. The Morgan fingerprint density at radius 1 is 0.885 bits per heavy atom. The molecule has 0 amide bonds. The summed E-state index contributed by atoms with van der Waals surface area (Å²) in [4.78, 5) is 0.